The maximum atomic E-state index is 13.0. The lowest BCUT2D eigenvalue weighted by atomic mass is 9.96. The van der Waals surface area contributed by atoms with E-state index >= 15 is 0 Å². The first-order chi connectivity index (χ1) is 13.7. The van der Waals surface area contributed by atoms with Gasteiger partial charge in [-0.25, -0.2) is 9.97 Å². The first kappa shape index (κ1) is 18.7. The molecule has 7 nitrogen and oxygen atoms in total. The number of hydrogen-bond acceptors (Lipinski definition) is 4. The van der Waals surface area contributed by atoms with Crippen LogP contribution in [0.5, 0.6) is 0 Å². The van der Waals surface area contributed by atoms with E-state index in [1.807, 2.05) is 53.1 Å². The number of nitrogens with zero attached hydrogens (tertiary/aromatic N) is 5. The van der Waals surface area contributed by atoms with Gasteiger partial charge in [0.2, 0.25) is 5.91 Å². The SMILES string of the molecule is COCCn1ccnc1[C@@H]1CCCN(C(=O)Cc2cnc3c(C)cccn23)C1. The van der Waals surface area contributed by atoms with E-state index in [-0.39, 0.29) is 11.8 Å². The van der Waals surface area contributed by atoms with Crippen LogP contribution in [-0.4, -0.2) is 56.5 Å². The molecule has 0 saturated carbocycles. The Balaban J connectivity index is 1.46. The fraction of sp³-hybridized carbons (Fsp3) is 0.476. The van der Waals surface area contributed by atoms with Gasteiger partial charge in [-0.3, -0.25) is 4.79 Å². The molecule has 4 heterocycles. The van der Waals surface area contributed by atoms with Crippen LogP contribution in [0.25, 0.3) is 5.65 Å². The summed E-state index contributed by atoms with van der Waals surface area (Å²) in [4.78, 5) is 24.0. The van der Waals surface area contributed by atoms with E-state index in [9.17, 15) is 4.79 Å². The van der Waals surface area contributed by atoms with E-state index < -0.39 is 0 Å². The predicted molar refractivity (Wildman–Crippen MR) is 106 cm³/mol. The standard InChI is InChI=1S/C21H27N5O2/c1-16-5-3-9-26-18(14-23-20(16)26)13-19(27)25-8-4-6-17(15-25)21-22-7-10-24(21)11-12-28-2/h3,5,7,9-10,14,17H,4,6,8,11-13,15H2,1-2H3/t17-/m1/s1. The molecule has 7 heteroatoms. The maximum Gasteiger partial charge on any atom is 0.228 e. The predicted octanol–water partition coefficient (Wildman–Crippen LogP) is 2.43. The Labute approximate surface area is 165 Å². The van der Waals surface area contributed by atoms with Crippen LogP contribution in [-0.2, 0) is 22.5 Å². The third-order valence-electron chi connectivity index (χ3n) is 5.56. The van der Waals surface area contributed by atoms with Gasteiger partial charge in [0, 0.05) is 57.4 Å². The number of imidazole rings is 2. The van der Waals surface area contributed by atoms with Crippen LogP contribution in [0.4, 0.5) is 0 Å². The van der Waals surface area contributed by atoms with Crippen molar-refractivity contribution in [1.29, 1.82) is 0 Å². The summed E-state index contributed by atoms with van der Waals surface area (Å²) < 4.78 is 9.37. The minimum absolute atomic E-state index is 0.156. The minimum atomic E-state index is 0.156. The Kier molecular flexibility index (Phi) is 5.43. The van der Waals surface area contributed by atoms with Gasteiger partial charge in [0.1, 0.15) is 11.5 Å². The minimum Gasteiger partial charge on any atom is -0.383 e. The number of methoxy groups -OCH3 is 1. The number of carbonyl (C=O) groups excluding carboxylic acids is 1. The first-order valence-electron chi connectivity index (χ1n) is 9.86. The molecule has 1 amide bonds. The van der Waals surface area contributed by atoms with Gasteiger partial charge in [0.15, 0.2) is 0 Å². The van der Waals surface area contributed by atoms with Crippen molar-refractivity contribution in [1.82, 2.24) is 23.8 Å². The van der Waals surface area contributed by atoms with Crippen LogP contribution in [0, 0.1) is 6.92 Å². The van der Waals surface area contributed by atoms with Gasteiger partial charge >= 0.3 is 0 Å². The second kappa shape index (κ2) is 8.14. The molecular weight excluding hydrogens is 354 g/mol. The lowest BCUT2D eigenvalue weighted by molar-refractivity contribution is -0.131. The van der Waals surface area contributed by atoms with Gasteiger partial charge in [0.05, 0.1) is 18.7 Å². The average molecular weight is 381 g/mol. The molecule has 148 valence electrons. The molecular formula is C21H27N5O2. The zero-order chi connectivity index (χ0) is 19.5. The summed E-state index contributed by atoms with van der Waals surface area (Å²) in [5.74, 6) is 1.48. The molecule has 1 aliphatic heterocycles. The summed E-state index contributed by atoms with van der Waals surface area (Å²) in [5, 5.41) is 0. The molecule has 0 spiro atoms. The molecule has 0 bridgehead atoms. The molecule has 0 N–H and O–H groups in total. The van der Waals surface area contributed by atoms with Crippen molar-refractivity contribution in [3.63, 3.8) is 0 Å². The topological polar surface area (TPSA) is 64.7 Å². The van der Waals surface area contributed by atoms with Gasteiger partial charge in [0.25, 0.3) is 0 Å². The van der Waals surface area contributed by atoms with E-state index in [1.165, 1.54) is 0 Å². The summed E-state index contributed by atoms with van der Waals surface area (Å²) >= 11 is 0. The highest BCUT2D eigenvalue weighted by atomic mass is 16.5. The Morgan fingerprint density at radius 2 is 2.21 bits per heavy atom. The van der Waals surface area contributed by atoms with Crippen molar-refractivity contribution in [3.05, 3.63) is 54.0 Å². The molecule has 4 rings (SSSR count). The number of piperidine rings is 1. The number of amides is 1. The number of aromatic nitrogens is 4. The Bertz CT molecular complexity index is 961. The Hall–Kier alpha value is -2.67. The number of aryl methyl sites for hydroxylation is 1. The van der Waals surface area contributed by atoms with Crippen LogP contribution in [0.3, 0.4) is 0 Å². The lowest BCUT2D eigenvalue weighted by Crippen LogP contribution is -2.40. The molecule has 1 aliphatic rings. The number of carbonyl (C=O) groups is 1. The second-order valence-corrected chi connectivity index (χ2v) is 7.46. The number of ether oxygens (including phenoxy) is 1. The molecule has 0 radical (unpaired) electrons. The second-order valence-electron chi connectivity index (χ2n) is 7.46. The summed E-state index contributed by atoms with van der Waals surface area (Å²) in [5.41, 5.74) is 2.97. The van der Waals surface area contributed by atoms with Crippen molar-refractivity contribution in [2.75, 3.05) is 26.8 Å². The molecule has 1 fully saturated rings. The highest BCUT2D eigenvalue weighted by Crippen LogP contribution is 2.26. The number of fused-ring (bicyclic) bond motifs is 1. The molecule has 0 aromatic carbocycles. The van der Waals surface area contributed by atoms with Crippen LogP contribution in [0.2, 0.25) is 0 Å². The van der Waals surface area contributed by atoms with Crippen molar-refractivity contribution in [2.45, 2.75) is 38.6 Å². The molecule has 0 aliphatic carbocycles. The van der Waals surface area contributed by atoms with E-state index in [0.717, 1.165) is 55.2 Å². The van der Waals surface area contributed by atoms with E-state index in [0.29, 0.717) is 13.0 Å². The fourth-order valence-corrected chi connectivity index (χ4v) is 4.07. The molecule has 1 saturated heterocycles. The molecule has 1 atom stereocenters. The van der Waals surface area contributed by atoms with Crippen LogP contribution in [0.15, 0.2) is 36.9 Å². The fourth-order valence-electron chi connectivity index (χ4n) is 4.07. The number of hydrogen-bond donors (Lipinski definition) is 0. The zero-order valence-electron chi connectivity index (χ0n) is 16.5. The third-order valence-corrected chi connectivity index (χ3v) is 5.56. The Morgan fingerprint density at radius 1 is 1.32 bits per heavy atom. The number of rotatable bonds is 6. The largest absolute Gasteiger partial charge is 0.383 e. The molecule has 3 aromatic rings. The summed E-state index contributed by atoms with van der Waals surface area (Å²) in [6, 6.07) is 4.03. The smallest absolute Gasteiger partial charge is 0.228 e. The van der Waals surface area contributed by atoms with E-state index in [4.69, 9.17) is 4.74 Å². The van der Waals surface area contributed by atoms with Gasteiger partial charge in [-0.1, -0.05) is 6.07 Å². The Morgan fingerprint density at radius 3 is 3.07 bits per heavy atom. The van der Waals surface area contributed by atoms with E-state index in [2.05, 4.69) is 14.5 Å². The summed E-state index contributed by atoms with van der Waals surface area (Å²) in [7, 11) is 1.71. The number of likely N-dealkylation sites (tertiary alicyclic amines) is 1. The van der Waals surface area contributed by atoms with Gasteiger partial charge < -0.3 is 18.6 Å². The summed E-state index contributed by atoms with van der Waals surface area (Å²) in [6.45, 7) is 5.02. The average Bonchev–Trinajstić information content (AvgIpc) is 3.34. The highest BCUT2D eigenvalue weighted by molar-refractivity contribution is 5.79. The highest BCUT2D eigenvalue weighted by Gasteiger charge is 2.27. The van der Waals surface area contributed by atoms with Gasteiger partial charge in [-0.15, -0.1) is 0 Å². The zero-order valence-corrected chi connectivity index (χ0v) is 16.5. The van der Waals surface area contributed by atoms with E-state index in [1.54, 1.807) is 7.11 Å². The van der Waals surface area contributed by atoms with Crippen molar-refractivity contribution in [2.24, 2.45) is 0 Å². The molecule has 28 heavy (non-hydrogen) atoms. The quantitative estimate of drug-likeness (QED) is 0.658. The van der Waals surface area contributed by atoms with Crippen LogP contribution < -0.4 is 0 Å². The van der Waals surface area contributed by atoms with Crippen molar-refractivity contribution in [3.8, 4) is 0 Å². The normalized spacial score (nSPS) is 17.4. The van der Waals surface area contributed by atoms with Gasteiger partial charge in [-0.2, -0.15) is 0 Å². The number of pyridine rings is 1. The van der Waals surface area contributed by atoms with Crippen molar-refractivity contribution < 1.29 is 9.53 Å². The molecule has 0 unspecified atom stereocenters. The van der Waals surface area contributed by atoms with Crippen LogP contribution >= 0.6 is 0 Å². The monoisotopic (exact) mass is 381 g/mol. The van der Waals surface area contributed by atoms with Crippen LogP contribution in [0.1, 0.15) is 35.8 Å². The van der Waals surface area contributed by atoms with Crippen molar-refractivity contribution >= 4 is 11.6 Å². The third kappa shape index (κ3) is 3.67. The molecule has 3 aromatic heterocycles. The van der Waals surface area contributed by atoms with Gasteiger partial charge in [-0.05, 0) is 31.4 Å². The maximum absolute atomic E-state index is 13.0. The first-order valence-corrected chi connectivity index (χ1v) is 9.86. The summed E-state index contributed by atoms with van der Waals surface area (Å²) in [6.07, 6.45) is 10.1. The lowest BCUT2D eigenvalue weighted by Gasteiger charge is -2.32.